The number of ether oxygens (including phenoxy) is 1. The Kier molecular flexibility index (Phi) is 3.28. The molecule has 1 aromatic rings. The van der Waals surface area contributed by atoms with Crippen LogP contribution in [0.4, 0.5) is 0 Å². The number of benzene rings is 1. The minimum absolute atomic E-state index is 0.171. The first kappa shape index (κ1) is 10.0. The van der Waals surface area contributed by atoms with E-state index in [9.17, 15) is 0 Å². The molecule has 1 unspecified atom stereocenters. The van der Waals surface area contributed by atoms with Crippen molar-refractivity contribution in [2.45, 2.75) is 13.1 Å². The van der Waals surface area contributed by atoms with E-state index >= 15 is 0 Å². The molecule has 3 heteroatoms. The Morgan fingerprint density at radius 1 is 1.46 bits per heavy atom. The second-order valence-corrected chi connectivity index (χ2v) is 3.01. The smallest absolute Gasteiger partial charge is 0.124 e. The fraction of sp³-hybridized carbons (Fsp3) is 0.400. The van der Waals surface area contributed by atoms with Gasteiger partial charge >= 0.3 is 0 Å². The van der Waals surface area contributed by atoms with Crippen molar-refractivity contribution in [1.82, 2.24) is 5.32 Å². The maximum absolute atomic E-state index is 5.85. The lowest BCUT2D eigenvalue weighted by Gasteiger charge is -2.15. The van der Waals surface area contributed by atoms with Crippen molar-refractivity contribution < 1.29 is 4.74 Å². The molecule has 0 amide bonds. The van der Waals surface area contributed by atoms with Crippen molar-refractivity contribution >= 4 is 0 Å². The largest absolute Gasteiger partial charge is 0.496 e. The topological polar surface area (TPSA) is 47.3 Å². The van der Waals surface area contributed by atoms with Gasteiger partial charge in [-0.15, -0.1) is 0 Å². The number of methoxy groups -OCH3 is 1. The number of nitrogens with two attached hydrogens (primary N) is 1. The average molecular weight is 180 g/mol. The lowest BCUT2D eigenvalue weighted by atomic mass is 10.1. The molecule has 0 aliphatic carbocycles. The third kappa shape index (κ3) is 2.20. The van der Waals surface area contributed by atoms with Crippen LogP contribution in [0.1, 0.15) is 17.3 Å². The van der Waals surface area contributed by atoms with Gasteiger partial charge in [0.05, 0.1) is 13.3 Å². The van der Waals surface area contributed by atoms with Gasteiger partial charge in [0.25, 0.3) is 0 Å². The Labute approximate surface area is 78.9 Å². The van der Waals surface area contributed by atoms with Gasteiger partial charge in [0.1, 0.15) is 5.75 Å². The Hall–Kier alpha value is -1.06. The molecular weight excluding hydrogens is 164 g/mol. The Bertz CT molecular complexity index is 286. The van der Waals surface area contributed by atoms with Gasteiger partial charge in [-0.1, -0.05) is 11.6 Å². The SMILES string of the molecule is CNC(N)c1cc(C)ccc1OC. The first-order chi connectivity index (χ1) is 6.19. The highest BCUT2D eigenvalue weighted by Crippen LogP contribution is 2.23. The lowest BCUT2D eigenvalue weighted by molar-refractivity contribution is 0.402. The fourth-order valence-corrected chi connectivity index (χ4v) is 1.25. The van der Waals surface area contributed by atoms with E-state index in [4.69, 9.17) is 10.5 Å². The zero-order chi connectivity index (χ0) is 9.84. The van der Waals surface area contributed by atoms with Crippen molar-refractivity contribution in [3.8, 4) is 5.75 Å². The zero-order valence-corrected chi connectivity index (χ0v) is 8.29. The third-order valence-electron chi connectivity index (χ3n) is 2.03. The van der Waals surface area contributed by atoms with Gasteiger partial charge in [-0.3, -0.25) is 0 Å². The molecule has 0 heterocycles. The summed E-state index contributed by atoms with van der Waals surface area (Å²) in [4.78, 5) is 0. The van der Waals surface area contributed by atoms with E-state index < -0.39 is 0 Å². The predicted octanol–water partition coefficient (Wildman–Crippen LogP) is 1.18. The first-order valence-corrected chi connectivity index (χ1v) is 4.26. The van der Waals surface area contributed by atoms with E-state index in [2.05, 4.69) is 5.32 Å². The molecule has 0 spiro atoms. The molecule has 0 aliphatic rings. The molecule has 1 aromatic carbocycles. The van der Waals surface area contributed by atoms with E-state index in [1.165, 1.54) is 5.56 Å². The molecule has 1 rings (SSSR count). The van der Waals surface area contributed by atoms with Crippen molar-refractivity contribution in [3.05, 3.63) is 29.3 Å². The first-order valence-electron chi connectivity index (χ1n) is 4.26. The van der Waals surface area contributed by atoms with Crippen LogP contribution in [0.3, 0.4) is 0 Å². The van der Waals surface area contributed by atoms with Crippen LogP contribution in [-0.2, 0) is 0 Å². The minimum Gasteiger partial charge on any atom is -0.496 e. The van der Waals surface area contributed by atoms with Crippen LogP contribution in [0.25, 0.3) is 0 Å². The van der Waals surface area contributed by atoms with Crippen molar-refractivity contribution in [1.29, 1.82) is 0 Å². The highest BCUT2D eigenvalue weighted by Gasteiger charge is 2.09. The summed E-state index contributed by atoms with van der Waals surface area (Å²) in [6.07, 6.45) is -0.171. The van der Waals surface area contributed by atoms with Crippen molar-refractivity contribution in [2.75, 3.05) is 14.2 Å². The highest BCUT2D eigenvalue weighted by molar-refractivity contribution is 5.38. The number of hydrogen-bond acceptors (Lipinski definition) is 3. The molecule has 3 nitrogen and oxygen atoms in total. The van der Waals surface area contributed by atoms with Gasteiger partial charge < -0.3 is 15.8 Å². The van der Waals surface area contributed by atoms with E-state index in [1.807, 2.05) is 32.2 Å². The van der Waals surface area contributed by atoms with Crippen LogP contribution >= 0.6 is 0 Å². The number of hydrogen-bond donors (Lipinski definition) is 2. The molecule has 0 saturated heterocycles. The van der Waals surface area contributed by atoms with Crippen LogP contribution in [-0.4, -0.2) is 14.2 Å². The summed E-state index contributed by atoms with van der Waals surface area (Å²) < 4.78 is 5.20. The van der Waals surface area contributed by atoms with Crippen LogP contribution in [0.5, 0.6) is 5.75 Å². The molecule has 13 heavy (non-hydrogen) atoms. The Balaban J connectivity index is 3.07. The zero-order valence-electron chi connectivity index (χ0n) is 8.29. The molecule has 0 aliphatic heterocycles. The summed E-state index contributed by atoms with van der Waals surface area (Å²) >= 11 is 0. The summed E-state index contributed by atoms with van der Waals surface area (Å²) in [5.41, 5.74) is 8.02. The highest BCUT2D eigenvalue weighted by atomic mass is 16.5. The fourth-order valence-electron chi connectivity index (χ4n) is 1.25. The monoisotopic (exact) mass is 180 g/mol. The molecule has 3 N–H and O–H groups in total. The second-order valence-electron chi connectivity index (χ2n) is 3.01. The molecule has 0 bridgehead atoms. The molecule has 0 fully saturated rings. The number of rotatable bonds is 3. The van der Waals surface area contributed by atoms with E-state index in [0.29, 0.717) is 0 Å². The normalized spacial score (nSPS) is 12.6. The standard InChI is InChI=1S/C10H16N2O/c1-7-4-5-9(13-3)8(6-7)10(11)12-2/h4-6,10,12H,11H2,1-3H3. The van der Waals surface area contributed by atoms with Gasteiger partial charge in [-0.05, 0) is 26.1 Å². The van der Waals surface area contributed by atoms with E-state index in [1.54, 1.807) is 7.11 Å². The Morgan fingerprint density at radius 2 is 2.15 bits per heavy atom. The minimum atomic E-state index is -0.171. The summed E-state index contributed by atoms with van der Waals surface area (Å²) in [5.74, 6) is 0.826. The summed E-state index contributed by atoms with van der Waals surface area (Å²) in [7, 11) is 3.48. The molecule has 0 aromatic heterocycles. The van der Waals surface area contributed by atoms with Crippen LogP contribution < -0.4 is 15.8 Å². The second kappa shape index (κ2) is 4.25. The number of aryl methyl sites for hydroxylation is 1. The van der Waals surface area contributed by atoms with Gasteiger partial charge in [0.2, 0.25) is 0 Å². The average Bonchev–Trinajstić information content (AvgIpc) is 2.16. The van der Waals surface area contributed by atoms with E-state index in [-0.39, 0.29) is 6.17 Å². The van der Waals surface area contributed by atoms with Gasteiger partial charge in [0.15, 0.2) is 0 Å². The Morgan fingerprint density at radius 3 is 2.69 bits per heavy atom. The quantitative estimate of drug-likeness (QED) is 0.687. The van der Waals surface area contributed by atoms with Crippen LogP contribution in [0.2, 0.25) is 0 Å². The lowest BCUT2D eigenvalue weighted by Crippen LogP contribution is -2.25. The predicted molar refractivity (Wildman–Crippen MR) is 53.7 cm³/mol. The maximum Gasteiger partial charge on any atom is 0.124 e. The van der Waals surface area contributed by atoms with Gasteiger partial charge in [-0.25, -0.2) is 0 Å². The van der Waals surface area contributed by atoms with Crippen LogP contribution in [0, 0.1) is 6.92 Å². The van der Waals surface area contributed by atoms with Crippen molar-refractivity contribution in [3.63, 3.8) is 0 Å². The summed E-state index contributed by atoms with van der Waals surface area (Å²) in [6.45, 7) is 2.03. The summed E-state index contributed by atoms with van der Waals surface area (Å²) in [6, 6.07) is 5.96. The molecule has 0 radical (unpaired) electrons. The third-order valence-corrected chi connectivity index (χ3v) is 2.03. The van der Waals surface area contributed by atoms with Gasteiger partial charge in [-0.2, -0.15) is 0 Å². The maximum atomic E-state index is 5.85. The van der Waals surface area contributed by atoms with E-state index in [0.717, 1.165) is 11.3 Å². The molecular formula is C10H16N2O. The van der Waals surface area contributed by atoms with Crippen molar-refractivity contribution in [2.24, 2.45) is 5.73 Å². The summed E-state index contributed by atoms with van der Waals surface area (Å²) in [5, 5.41) is 2.98. The van der Waals surface area contributed by atoms with Gasteiger partial charge in [0, 0.05) is 5.56 Å². The molecule has 0 saturated carbocycles. The number of nitrogens with one attached hydrogen (secondary N) is 1. The molecule has 72 valence electrons. The molecule has 1 atom stereocenters. The van der Waals surface area contributed by atoms with Crippen LogP contribution in [0.15, 0.2) is 18.2 Å².